The van der Waals surface area contributed by atoms with Crippen LogP contribution in [0.4, 0.5) is 0 Å². The molecule has 0 unspecified atom stereocenters. The van der Waals surface area contributed by atoms with Crippen LogP contribution in [-0.2, 0) is 0 Å². The van der Waals surface area contributed by atoms with Gasteiger partial charge in [0.1, 0.15) is 11.3 Å². The fraction of sp³-hybridized carbons (Fsp3) is 0.0909. The summed E-state index contributed by atoms with van der Waals surface area (Å²) >= 11 is 0. The number of benzene rings is 1. The van der Waals surface area contributed by atoms with E-state index in [0.29, 0.717) is 5.56 Å². The molecule has 1 aromatic heterocycles. The molecule has 1 heterocycles. The van der Waals surface area contributed by atoms with Crippen LogP contribution >= 0.6 is 0 Å². The number of aromatic hydroxyl groups is 1. The molecular formula is C11H9NO5. The first kappa shape index (κ1) is 11.0. The van der Waals surface area contributed by atoms with Gasteiger partial charge in [0.15, 0.2) is 0 Å². The van der Waals surface area contributed by atoms with Crippen LogP contribution in [0.25, 0.3) is 11.1 Å². The summed E-state index contributed by atoms with van der Waals surface area (Å²) in [6.07, 6.45) is 0. The molecule has 0 saturated carbocycles. The molecule has 2 aromatic rings. The third kappa shape index (κ3) is 1.80. The molecule has 88 valence electrons. The molecule has 0 atom stereocenters. The molecule has 2 rings (SSSR count). The van der Waals surface area contributed by atoms with E-state index in [-0.39, 0.29) is 23.0 Å². The predicted octanol–water partition coefficient (Wildman–Crippen LogP) is 1.75. The summed E-state index contributed by atoms with van der Waals surface area (Å²) in [5.41, 5.74) is 0.418. The van der Waals surface area contributed by atoms with Crippen LogP contribution in [0, 0.1) is 0 Å². The van der Waals surface area contributed by atoms with E-state index < -0.39 is 5.97 Å². The van der Waals surface area contributed by atoms with Crippen molar-refractivity contribution in [3.8, 4) is 22.8 Å². The number of carboxylic acids is 1. The van der Waals surface area contributed by atoms with Crippen molar-refractivity contribution in [2.45, 2.75) is 0 Å². The number of methoxy groups -OCH3 is 1. The highest BCUT2D eigenvalue weighted by molar-refractivity contribution is 5.95. The van der Waals surface area contributed by atoms with Gasteiger partial charge in [0.2, 0.25) is 0 Å². The van der Waals surface area contributed by atoms with Crippen LogP contribution in [0.3, 0.4) is 0 Å². The summed E-state index contributed by atoms with van der Waals surface area (Å²) in [6, 6.07) is 6.27. The maximum atomic E-state index is 11.0. The molecule has 0 aliphatic rings. The Balaban J connectivity index is 2.69. The van der Waals surface area contributed by atoms with Gasteiger partial charge in [0.05, 0.1) is 7.11 Å². The number of nitrogens with zero attached hydrogens (tertiary/aromatic N) is 1. The second kappa shape index (κ2) is 4.17. The van der Waals surface area contributed by atoms with Crippen LogP contribution in [0.5, 0.6) is 11.6 Å². The SMILES string of the molecule is COc1noc(C(=O)O)c1-c1ccccc1O. The molecule has 17 heavy (non-hydrogen) atoms. The number of hydrogen-bond donors (Lipinski definition) is 2. The highest BCUT2D eigenvalue weighted by Crippen LogP contribution is 2.37. The topological polar surface area (TPSA) is 92.8 Å². The molecule has 0 aliphatic heterocycles. The predicted molar refractivity (Wildman–Crippen MR) is 57.1 cm³/mol. The molecule has 6 heteroatoms. The van der Waals surface area contributed by atoms with Gasteiger partial charge in [-0.2, -0.15) is 0 Å². The maximum Gasteiger partial charge on any atom is 0.375 e. The van der Waals surface area contributed by atoms with E-state index in [0.717, 1.165) is 0 Å². The minimum atomic E-state index is -1.28. The Kier molecular flexibility index (Phi) is 2.70. The quantitative estimate of drug-likeness (QED) is 0.841. The van der Waals surface area contributed by atoms with Crippen molar-refractivity contribution >= 4 is 5.97 Å². The lowest BCUT2D eigenvalue weighted by molar-refractivity contribution is 0.0653. The van der Waals surface area contributed by atoms with Gasteiger partial charge < -0.3 is 19.5 Å². The minimum absolute atomic E-state index is 0.0175. The highest BCUT2D eigenvalue weighted by Gasteiger charge is 2.25. The van der Waals surface area contributed by atoms with Gasteiger partial charge in [-0.15, -0.1) is 0 Å². The van der Waals surface area contributed by atoms with Crippen molar-refractivity contribution in [3.63, 3.8) is 0 Å². The second-order valence-electron chi connectivity index (χ2n) is 3.22. The van der Waals surface area contributed by atoms with E-state index in [1.807, 2.05) is 0 Å². The Labute approximate surface area is 96.0 Å². The van der Waals surface area contributed by atoms with E-state index in [2.05, 4.69) is 9.68 Å². The van der Waals surface area contributed by atoms with Gasteiger partial charge >= 0.3 is 5.97 Å². The minimum Gasteiger partial charge on any atom is -0.507 e. The van der Waals surface area contributed by atoms with Crippen molar-refractivity contribution in [2.24, 2.45) is 0 Å². The number of carbonyl (C=O) groups is 1. The number of aromatic nitrogens is 1. The van der Waals surface area contributed by atoms with Gasteiger partial charge in [-0.05, 0) is 11.2 Å². The highest BCUT2D eigenvalue weighted by atomic mass is 16.5. The number of phenols is 1. The lowest BCUT2D eigenvalue weighted by Gasteiger charge is -2.03. The van der Waals surface area contributed by atoms with Crippen LogP contribution in [-0.4, -0.2) is 28.4 Å². The van der Waals surface area contributed by atoms with Crippen molar-refractivity contribution < 1.29 is 24.3 Å². The van der Waals surface area contributed by atoms with Gasteiger partial charge in [-0.3, -0.25) is 0 Å². The number of hydrogen-bond acceptors (Lipinski definition) is 5. The fourth-order valence-electron chi connectivity index (χ4n) is 1.48. The third-order valence-electron chi connectivity index (χ3n) is 2.22. The first-order valence-corrected chi connectivity index (χ1v) is 4.70. The van der Waals surface area contributed by atoms with E-state index in [1.54, 1.807) is 18.2 Å². The van der Waals surface area contributed by atoms with Gasteiger partial charge in [0.25, 0.3) is 11.6 Å². The van der Waals surface area contributed by atoms with Gasteiger partial charge in [0, 0.05) is 5.56 Å². The van der Waals surface area contributed by atoms with E-state index in [1.165, 1.54) is 13.2 Å². The number of rotatable bonds is 3. The summed E-state index contributed by atoms with van der Waals surface area (Å²) in [5.74, 6) is -1.71. The summed E-state index contributed by atoms with van der Waals surface area (Å²) in [7, 11) is 1.34. The number of ether oxygens (including phenoxy) is 1. The molecule has 0 saturated heterocycles. The number of aromatic carboxylic acids is 1. The van der Waals surface area contributed by atoms with E-state index >= 15 is 0 Å². The molecule has 0 bridgehead atoms. The van der Waals surface area contributed by atoms with Crippen molar-refractivity contribution in [1.29, 1.82) is 0 Å². The van der Waals surface area contributed by atoms with Crippen LogP contribution < -0.4 is 4.74 Å². The van der Waals surface area contributed by atoms with Crippen molar-refractivity contribution in [3.05, 3.63) is 30.0 Å². The molecule has 2 N–H and O–H groups in total. The molecule has 0 amide bonds. The van der Waals surface area contributed by atoms with E-state index in [9.17, 15) is 9.90 Å². The molecule has 0 fully saturated rings. The lowest BCUT2D eigenvalue weighted by Crippen LogP contribution is -1.97. The van der Waals surface area contributed by atoms with Gasteiger partial charge in [-0.1, -0.05) is 18.2 Å². The Bertz CT molecular complexity index is 561. The Hall–Kier alpha value is -2.50. The maximum absolute atomic E-state index is 11.0. The first-order valence-electron chi connectivity index (χ1n) is 4.70. The zero-order valence-corrected chi connectivity index (χ0v) is 8.88. The third-order valence-corrected chi connectivity index (χ3v) is 2.22. The van der Waals surface area contributed by atoms with Crippen LogP contribution in [0.2, 0.25) is 0 Å². The Morgan fingerprint density at radius 1 is 1.41 bits per heavy atom. The summed E-state index contributed by atoms with van der Waals surface area (Å²) in [4.78, 5) is 11.0. The van der Waals surface area contributed by atoms with Crippen LogP contribution in [0.15, 0.2) is 28.8 Å². The summed E-state index contributed by atoms with van der Waals surface area (Å²) < 4.78 is 9.58. The summed E-state index contributed by atoms with van der Waals surface area (Å²) in [6.45, 7) is 0. The van der Waals surface area contributed by atoms with Crippen LogP contribution in [0.1, 0.15) is 10.6 Å². The first-order chi connectivity index (χ1) is 8.15. The average molecular weight is 235 g/mol. The second-order valence-corrected chi connectivity index (χ2v) is 3.22. The van der Waals surface area contributed by atoms with Crippen molar-refractivity contribution in [2.75, 3.05) is 7.11 Å². The number of phenolic OH excluding ortho intramolecular Hbond substituents is 1. The smallest absolute Gasteiger partial charge is 0.375 e. The van der Waals surface area contributed by atoms with Gasteiger partial charge in [-0.25, -0.2) is 4.79 Å². The molecule has 0 radical (unpaired) electrons. The Morgan fingerprint density at radius 3 is 2.71 bits per heavy atom. The molecule has 0 spiro atoms. The van der Waals surface area contributed by atoms with E-state index in [4.69, 9.17) is 9.84 Å². The standard InChI is InChI=1S/C11H9NO5/c1-16-10-8(9(11(14)15)17-12-10)6-4-2-3-5-7(6)13/h2-5,13H,1H3,(H,14,15). The molecule has 0 aliphatic carbocycles. The zero-order valence-electron chi connectivity index (χ0n) is 8.88. The summed E-state index contributed by atoms with van der Waals surface area (Å²) in [5, 5.41) is 22.1. The zero-order chi connectivity index (χ0) is 12.4. The van der Waals surface area contributed by atoms with Crippen molar-refractivity contribution in [1.82, 2.24) is 5.16 Å². The lowest BCUT2D eigenvalue weighted by atomic mass is 10.1. The monoisotopic (exact) mass is 235 g/mol. The molecule has 1 aromatic carbocycles. The molecule has 6 nitrogen and oxygen atoms in total. The normalized spacial score (nSPS) is 10.2. The fourth-order valence-corrected chi connectivity index (χ4v) is 1.48. The molecular weight excluding hydrogens is 226 g/mol. The average Bonchev–Trinajstić information content (AvgIpc) is 2.73. The Morgan fingerprint density at radius 2 is 2.12 bits per heavy atom. The number of carboxylic acid groups (broad SMARTS) is 1. The largest absolute Gasteiger partial charge is 0.507 e. The number of para-hydroxylation sites is 1.